The number of aliphatic hydroxyl groups excluding tert-OH is 1. The molecule has 0 aliphatic carbocycles. The van der Waals surface area contributed by atoms with Crippen LogP contribution in [0.5, 0.6) is 0 Å². The van der Waals surface area contributed by atoms with E-state index in [1.54, 1.807) is 0 Å². The minimum Gasteiger partial charge on any atom is -0.392 e. The molecule has 0 saturated heterocycles. The Morgan fingerprint density at radius 1 is 1.23 bits per heavy atom. The van der Waals surface area contributed by atoms with Crippen LogP contribution in [0.15, 0.2) is 0 Å². The van der Waals surface area contributed by atoms with E-state index >= 15 is 0 Å². The summed E-state index contributed by atoms with van der Waals surface area (Å²) >= 11 is 0. The second-order valence-corrected chi connectivity index (χ2v) is 4.04. The third-order valence-electron chi connectivity index (χ3n) is 2.55. The fourth-order valence-corrected chi connectivity index (χ4v) is 1.73. The maximum atomic E-state index is 9.15. The highest BCUT2D eigenvalue weighted by Gasteiger charge is 2.13. The summed E-state index contributed by atoms with van der Waals surface area (Å²) in [7, 11) is 0. The predicted octanol–water partition coefficient (Wildman–Crippen LogP) is 2.17. The highest BCUT2D eigenvalue weighted by atomic mass is 16.3. The van der Waals surface area contributed by atoms with Crippen LogP contribution in [0.4, 0.5) is 0 Å². The Morgan fingerprint density at radius 2 is 1.85 bits per heavy atom. The van der Waals surface area contributed by atoms with Gasteiger partial charge in [0.25, 0.3) is 0 Å². The number of hydrogen-bond acceptors (Lipinski definition) is 2. The van der Waals surface area contributed by atoms with Crippen molar-refractivity contribution >= 4 is 0 Å². The number of hydrogen-bond donors (Lipinski definition) is 2. The van der Waals surface area contributed by atoms with Gasteiger partial charge in [0.2, 0.25) is 0 Å². The average molecular weight is 187 g/mol. The van der Waals surface area contributed by atoms with Gasteiger partial charge >= 0.3 is 0 Å². The van der Waals surface area contributed by atoms with Crippen molar-refractivity contribution in [1.82, 2.24) is 5.32 Å². The van der Waals surface area contributed by atoms with Gasteiger partial charge in [-0.15, -0.1) is 0 Å². The SMILES string of the molecule is CCCC(C)C(CC)NC[C@H](C)O. The van der Waals surface area contributed by atoms with Gasteiger partial charge < -0.3 is 10.4 Å². The molecule has 13 heavy (non-hydrogen) atoms. The first-order valence-corrected chi connectivity index (χ1v) is 5.53. The van der Waals surface area contributed by atoms with E-state index in [4.69, 9.17) is 5.11 Å². The molecule has 2 N–H and O–H groups in total. The Kier molecular flexibility index (Phi) is 7.29. The predicted molar refractivity (Wildman–Crippen MR) is 57.8 cm³/mol. The Bertz CT molecular complexity index is 115. The fourth-order valence-electron chi connectivity index (χ4n) is 1.73. The van der Waals surface area contributed by atoms with Crippen molar-refractivity contribution in [3.8, 4) is 0 Å². The van der Waals surface area contributed by atoms with E-state index in [0.717, 1.165) is 6.42 Å². The van der Waals surface area contributed by atoms with Crippen molar-refractivity contribution in [2.45, 2.75) is 59.1 Å². The molecule has 0 amide bonds. The van der Waals surface area contributed by atoms with Crippen molar-refractivity contribution < 1.29 is 5.11 Å². The first-order valence-electron chi connectivity index (χ1n) is 5.53. The van der Waals surface area contributed by atoms with Crippen LogP contribution in [0.1, 0.15) is 47.0 Å². The first-order chi connectivity index (χ1) is 6.11. The van der Waals surface area contributed by atoms with Gasteiger partial charge in [0.15, 0.2) is 0 Å². The first kappa shape index (κ1) is 12.9. The van der Waals surface area contributed by atoms with Gasteiger partial charge in [-0.25, -0.2) is 0 Å². The zero-order chi connectivity index (χ0) is 10.3. The molecule has 0 radical (unpaired) electrons. The normalized spacial score (nSPS) is 18.2. The zero-order valence-electron chi connectivity index (χ0n) is 9.51. The van der Waals surface area contributed by atoms with E-state index in [1.807, 2.05) is 6.92 Å². The second-order valence-electron chi connectivity index (χ2n) is 4.04. The topological polar surface area (TPSA) is 32.3 Å². The van der Waals surface area contributed by atoms with Crippen molar-refractivity contribution in [3.05, 3.63) is 0 Å². The molecule has 0 saturated carbocycles. The van der Waals surface area contributed by atoms with Crippen LogP contribution in [0.25, 0.3) is 0 Å². The molecular formula is C11H25NO. The number of aliphatic hydroxyl groups is 1. The number of rotatable bonds is 7. The quantitative estimate of drug-likeness (QED) is 0.640. The van der Waals surface area contributed by atoms with E-state index in [2.05, 4.69) is 26.1 Å². The van der Waals surface area contributed by atoms with Gasteiger partial charge in [-0.05, 0) is 25.7 Å². The molecule has 0 heterocycles. The van der Waals surface area contributed by atoms with Gasteiger partial charge in [-0.3, -0.25) is 0 Å². The Labute approximate surface area is 82.7 Å². The Hall–Kier alpha value is -0.0800. The molecule has 0 fully saturated rings. The molecule has 3 atom stereocenters. The van der Waals surface area contributed by atoms with Gasteiger partial charge in [0, 0.05) is 12.6 Å². The molecular weight excluding hydrogens is 162 g/mol. The van der Waals surface area contributed by atoms with E-state index < -0.39 is 0 Å². The molecule has 2 heteroatoms. The van der Waals surface area contributed by atoms with Crippen LogP contribution >= 0.6 is 0 Å². The molecule has 0 aromatic rings. The molecule has 0 aliphatic rings. The minimum absolute atomic E-state index is 0.233. The van der Waals surface area contributed by atoms with Crippen molar-refractivity contribution in [1.29, 1.82) is 0 Å². The molecule has 2 nitrogen and oxygen atoms in total. The van der Waals surface area contributed by atoms with Gasteiger partial charge in [-0.2, -0.15) is 0 Å². The van der Waals surface area contributed by atoms with E-state index in [1.165, 1.54) is 12.8 Å². The van der Waals surface area contributed by atoms with Gasteiger partial charge in [-0.1, -0.05) is 27.2 Å². The second kappa shape index (κ2) is 7.34. The summed E-state index contributed by atoms with van der Waals surface area (Å²) in [4.78, 5) is 0. The largest absolute Gasteiger partial charge is 0.392 e. The smallest absolute Gasteiger partial charge is 0.0636 e. The lowest BCUT2D eigenvalue weighted by Gasteiger charge is -2.24. The molecule has 0 aliphatic heterocycles. The standard InChI is InChI=1S/C11H25NO/c1-5-7-9(3)11(6-2)12-8-10(4)13/h9-13H,5-8H2,1-4H3/t9?,10-,11?/m0/s1. The van der Waals surface area contributed by atoms with Crippen molar-refractivity contribution in [2.75, 3.05) is 6.54 Å². The lowest BCUT2D eigenvalue weighted by Crippen LogP contribution is -2.38. The maximum Gasteiger partial charge on any atom is 0.0636 e. The molecule has 80 valence electrons. The van der Waals surface area contributed by atoms with E-state index in [9.17, 15) is 0 Å². The summed E-state index contributed by atoms with van der Waals surface area (Å²) in [6.45, 7) is 9.24. The van der Waals surface area contributed by atoms with Crippen molar-refractivity contribution in [2.24, 2.45) is 5.92 Å². The van der Waals surface area contributed by atoms with Crippen LogP contribution in [-0.4, -0.2) is 23.8 Å². The molecule has 0 spiro atoms. The average Bonchev–Trinajstić information content (AvgIpc) is 2.05. The molecule has 0 rings (SSSR count). The maximum absolute atomic E-state index is 9.15. The van der Waals surface area contributed by atoms with Crippen LogP contribution in [0, 0.1) is 5.92 Å². The minimum atomic E-state index is -0.233. The highest BCUT2D eigenvalue weighted by Crippen LogP contribution is 2.13. The summed E-state index contributed by atoms with van der Waals surface area (Å²) < 4.78 is 0. The van der Waals surface area contributed by atoms with Crippen LogP contribution in [0.2, 0.25) is 0 Å². The monoisotopic (exact) mass is 187 g/mol. The summed E-state index contributed by atoms with van der Waals surface area (Å²) in [5.74, 6) is 0.716. The summed E-state index contributed by atoms with van der Waals surface area (Å²) in [5, 5.41) is 12.5. The van der Waals surface area contributed by atoms with Crippen LogP contribution in [0.3, 0.4) is 0 Å². The molecule has 0 aromatic carbocycles. The molecule has 2 unspecified atom stereocenters. The van der Waals surface area contributed by atoms with Crippen LogP contribution < -0.4 is 5.32 Å². The Morgan fingerprint density at radius 3 is 2.23 bits per heavy atom. The highest BCUT2D eigenvalue weighted by molar-refractivity contribution is 4.72. The van der Waals surface area contributed by atoms with E-state index in [-0.39, 0.29) is 6.10 Å². The third-order valence-corrected chi connectivity index (χ3v) is 2.55. The summed E-state index contributed by atoms with van der Waals surface area (Å²) in [6, 6.07) is 0.564. The van der Waals surface area contributed by atoms with Crippen molar-refractivity contribution in [3.63, 3.8) is 0 Å². The fraction of sp³-hybridized carbons (Fsp3) is 1.00. The number of nitrogens with one attached hydrogen (secondary N) is 1. The van der Waals surface area contributed by atoms with Gasteiger partial charge in [0.1, 0.15) is 0 Å². The lowest BCUT2D eigenvalue weighted by molar-refractivity contribution is 0.178. The summed E-state index contributed by atoms with van der Waals surface area (Å²) in [5.41, 5.74) is 0. The molecule has 0 aromatic heterocycles. The molecule has 0 bridgehead atoms. The van der Waals surface area contributed by atoms with Crippen LogP contribution in [-0.2, 0) is 0 Å². The third kappa shape index (κ3) is 6.05. The summed E-state index contributed by atoms with van der Waals surface area (Å²) in [6.07, 6.45) is 3.43. The van der Waals surface area contributed by atoms with Gasteiger partial charge in [0.05, 0.1) is 6.10 Å². The zero-order valence-corrected chi connectivity index (χ0v) is 9.51. The van der Waals surface area contributed by atoms with E-state index in [0.29, 0.717) is 18.5 Å². The Balaban J connectivity index is 3.73. The lowest BCUT2D eigenvalue weighted by atomic mass is 9.95.